The molecule has 134 valence electrons. The molecule has 0 spiro atoms. The van der Waals surface area contributed by atoms with Crippen LogP contribution in [0.3, 0.4) is 0 Å². The molecule has 0 amide bonds. The Morgan fingerprint density at radius 2 is 2.00 bits per heavy atom. The molecule has 2 saturated heterocycles. The lowest BCUT2D eigenvalue weighted by Crippen LogP contribution is -2.57. The van der Waals surface area contributed by atoms with Crippen molar-refractivity contribution in [2.24, 2.45) is 5.92 Å². The largest absolute Gasteiger partial charge is 0.296 e. The minimum atomic E-state index is -3.10. The second-order valence-corrected chi connectivity index (χ2v) is 9.48. The fraction of sp³-hybridized carbons (Fsp3) is 0.667. The lowest BCUT2D eigenvalue weighted by Gasteiger charge is -2.51. The Bertz CT molecular complexity index is 722. The van der Waals surface area contributed by atoms with Gasteiger partial charge in [-0.3, -0.25) is 4.90 Å². The Labute approximate surface area is 151 Å². The molecule has 0 N–H and O–H groups in total. The molecule has 1 aromatic carbocycles. The Balaban J connectivity index is 0.00000169. The smallest absolute Gasteiger partial charge is 0.211 e. The number of sulfonamides is 1. The van der Waals surface area contributed by atoms with Crippen molar-refractivity contribution in [1.82, 2.24) is 9.21 Å². The van der Waals surface area contributed by atoms with E-state index in [0.717, 1.165) is 32.4 Å². The third-order valence-corrected chi connectivity index (χ3v) is 7.30. The Morgan fingerprint density at radius 1 is 1.21 bits per heavy atom. The molecule has 2 fully saturated rings. The molecule has 6 heteroatoms. The van der Waals surface area contributed by atoms with Crippen LogP contribution in [0.25, 0.3) is 0 Å². The molecule has 0 radical (unpaired) electrons. The molecule has 0 unspecified atom stereocenters. The standard InChI is InChI=1S/C18H26N2O2S.ClH/c1-13-5-6-16-14(10-13)7-9-19-12-15-4-3-8-20(23(2,21)22)17(15)11-18(16)19;/h5-6,10,15,17-18H,3-4,7-9,11-12H2,1-2H3;1H/t15-,17+,18+;/m1./s1. The lowest BCUT2D eigenvalue weighted by molar-refractivity contribution is 0.0222. The van der Waals surface area contributed by atoms with Gasteiger partial charge in [-0.2, -0.15) is 4.31 Å². The number of halogens is 1. The predicted molar refractivity (Wildman–Crippen MR) is 99.1 cm³/mol. The van der Waals surface area contributed by atoms with Gasteiger partial charge in [-0.25, -0.2) is 8.42 Å². The van der Waals surface area contributed by atoms with Gasteiger partial charge < -0.3 is 0 Å². The SMILES string of the molecule is Cc1ccc2c(c1)CCN1C[C@H]3CCCN(S(C)(=O)=O)[C@H]3C[C@@H]21.Cl. The van der Waals surface area contributed by atoms with Crippen molar-refractivity contribution in [1.29, 1.82) is 0 Å². The monoisotopic (exact) mass is 370 g/mol. The van der Waals surface area contributed by atoms with Crippen LogP contribution in [0.15, 0.2) is 18.2 Å². The van der Waals surface area contributed by atoms with Gasteiger partial charge in [-0.1, -0.05) is 23.8 Å². The minimum Gasteiger partial charge on any atom is -0.296 e. The second kappa shape index (κ2) is 6.60. The van der Waals surface area contributed by atoms with E-state index in [0.29, 0.717) is 18.5 Å². The summed E-state index contributed by atoms with van der Waals surface area (Å²) in [6.45, 7) is 5.02. The fourth-order valence-electron chi connectivity index (χ4n) is 4.95. The van der Waals surface area contributed by atoms with Crippen LogP contribution in [-0.2, 0) is 16.4 Å². The summed E-state index contributed by atoms with van der Waals surface area (Å²) in [4.78, 5) is 2.60. The number of nitrogens with zero attached hydrogens (tertiary/aromatic N) is 2. The van der Waals surface area contributed by atoms with Crippen LogP contribution in [0.4, 0.5) is 0 Å². The molecule has 3 heterocycles. The molecule has 3 aliphatic heterocycles. The van der Waals surface area contributed by atoms with Gasteiger partial charge in [0.15, 0.2) is 0 Å². The van der Waals surface area contributed by atoms with Gasteiger partial charge >= 0.3 is 0 Å². The molecule has 0 aliphatic carbocycles. The maximum Gasteiger partial charge on any atom is 0.211 e. The third-order valence-electron chi connectivity index (χ3n) is 5.99. The van der Waals surface area contributed by atoms with Crippen molar-refractivity contribution in [3.8, 4) is 0 Å². The van der Waals surface area contributed by atoms with E-state index >= 15 is 0 Å². The van der Waals surface area contributed by atoms with Gasteiger partial charge in [-0.05, 0) is 49.7 Å². The maximum atomic E-state index is 12.2. The van der Waals surface area contributed by atoms with Crippen LogP contribution < -0.4 is 0 Å². The quantitative estimate of drug-likeness (QED) is 0.763. The summed E-state index contributed by atoms with van der Waals surface area (Å²) in [5, 5.41) is 0. The van der Waals surface area contributed by atoms with Gasteiger partial charge in [0.1, 0.15) is 0 Å². The van der Waals surface area contributed by atoms with Crippen molar-refractivity contribution in [3.05, 3.63) is 34.9 Å². The number of hydrogen-bond acceptors (Lipinski definition) is 3. The van der Waals surface area contributed by atoms with Crippen LogP contribution >= 0.6 is 12.4 Å². The molecule has 3 aliphatic rings. The van der Waals surface area contributed by atoms with E-state index in [-0.39, 0.29) is 18.4 Å². The van der Waals surface area contributed by atoms with E-state index in [1.165, 1.54) is 29.4 Å². The second-order valence-electron chi connectivity index (χ2n) is 7.54. The first kappa shape index (κ1) is 18.2. The first-order chi connectivity index (χ1) is 10.9. The average molecular weight is 371 g/mol. The van der Waals surface area contributed by atoms with Gasteiger partial charge in [0.2, 0.25) is 10.0 Å². The highest BCUT2D eigenvalue weighted by Crippen LogP contribution is 2.43. The van der Waals surface area contributed by atoms with Crippen molar-refractivity contribution in [3.63, 3.8) is 0 Å². The zero-order chi connectivity index (χ0) is 16.2. The van der Waals surface area contributed by atoms with Crippen LogP contribution in [0.2, 0.25) is 0 Å². The molecule has 4 rings (SSSR count). The fourth-order valence-corrected chi connectivity index (χ4v) is 6.17. The molecule has 0 saturated carbocycles. The van der Waals surface area contributed by atoms with Gasteiger partial charge in [0.25, 0.3) is 0 Å². The van der Waals surface area contributed by atoms with E-state index in [4.69, 9.17) is 0 Å². The number of rotatable bonds is 1. The van der Waals surface area contributed by atoms with E-state index in [2.05, 4.69) is 30.0 Å². The van der Waals surface area contributed by atoms with Crippen molar-refractivity contribution < 1.29 is 8.42 Å². The van der Waals surface area contributed by atoms with Crippen molar-refractivity contribution in [2.45, 2.75) is 44.7 Å². The Morgan fingerprint density at radius 3 is 2.75 bits per heavy atom. The van der Waals surface area contributed by atoms with Gasteiger partial charge in [0, 0.05) is 31.7 Å². The molecular weight excluding hydrogens is 344 g/mol. The molecular formula is C18H27ClN2O2S. The number of fused-ring (bicyclic) bond motifs is 4. The summed E-state index contributed by atoms with van der Waals surface area (Å²) in [5.41, 5.74) is 4.21. The highest BCUT2D eigenvalue weighted by Gasteiger charge is 2.44. The molecule has 4 nitrogen and oxygen atoms in total. The summed E-state index contributed by atoms with van der Waals surface area (Å²) in [6.07, 6.45) is 5.62. The van der Waals surface area contributed by atoms with E-state index in [1.807, 2.05) is 0 Å². The highest BCUT2D eigenvalue weighted by molar-refractivity contribution is 7.88. The zero-order valence-corrected chi connectivity index (χ0v) is 16.1. The maximum absolute atomic E-state index is 12.2. The summed E-state index contributed by atoms with van der Waals surface area (Å²) < 4.78 is 26.2. The number of piperidine rings is 2. The van der Waals surface area contributed by atoms with E-state index in [9.17, 15) is 8.42 Å². The Kier molecular flexibility index (Phi) is 5.00. The zero-order valence-electron chi connectivity index (χ0n) is 14.4. The number of hydrogen-bond donors (Lipinski definition) is 0. The van der Waals surface area contributed by atoms with E-state index in [1.54, 1.807) is 4.31 Å². The van der Waals surface area contributed by atoms with Crippen molar-refractivity contribution >= 4 is 22.4 Å². The lowest BCUT2D eigenvalue weighted by atomic mass is 9.77. The third kappa shape index (κ3) is 3.12. The van der Waals surface area contributed by atoms with Gasteiger partial charge in [-0.15, -0.1) is 12.4 Å². The number of benzene rings is 1. The highest BCUT2D eigenvalue weighted by atomic mass is 35.5. The first-order valence-corrected chi connectivity index (χ1v) is 10.6. The summed E-state index contributed by atoms with van der Waals surface area (Å²) in [6, 6.07) is 7.36. The van der Waals surface area contributed by atoms with Crippen LogP contribution in [-0.4, -0.2) is 49.6 Å². The summed E-state index contributed by atoms with van der Waals surface area (Å²) in [5.74, 6) is 0.502. The topological polar surface area (TPSA) is 40.6 Å². The Hall–Kier alpha value is -0.620. The molecule has 3 atom stereocenters. The molecule has 1 aromatic rings. The van der Waals surface area contributed by atoms with Crippen LogP contribution in [0.1, 0.15) is 42.0 Å². The average Bonchev–Trinajstić information content (AvgIpc) is 2.51. The van der Waals surface area contributed by atoms with Gasteiger partial charge in [0.05, 0.1) is 6.26 Å². The minimum absolute atomic E-state index is 0. The normalized spacial score (nSPS) is 30.7. The molecule has 0 aromatic heterocycles. The predicted octanol–water partition coefficient (Wildman–Crippen LogP) is 2.76. The van der Waals surface area contributed by atoms with Crippen LogP contribution in [0.5, 0.6) is 0 Å². The molecule has 24 heavy (non-hydrogen) atoms. The number of aryl methyl sites for hydroxylation is 1. The first-order valence-electron chi connectivity index (χ1n) is 8.74. The molecule has 0 bridgehead atoms. The summed E-state index contributed by atoms with van der Waals surface area (Å²) in [7, 11) is -3.10. The van der Waals surface area contributed by atoms with E-state index < -0.39 is 10.0 Å². The van der Waals surface area contributed by atoms with Crippen LogP contribution in [0, 0.1) is 12.8 Å². The summed E-state index contributed by atoms with van der Waals surface area (Å²) >= 11 is 0. The van der Waals surface area contributed by atoms with Crippen molar-refractivity contribution in [2.75, 3.05) is 25.9 Å².